The van der Waals surface area contributed by atoms with Gasteiger partial charge >= 0.3 is 0 Å². The van der Waals surface area contributed by atoms with Crippen molar-refractivity contribution in [3.63, 3.8) is 0 Å². The second-order valence-corrected chi connectivity index (χ2v) is 6.78. The van der Waals surface area contributed by atoms with E-state index in [9.17, 15) is 13.2 Å². The molecule has 1 heterocycles. The molecule has 0 aliphatic heterocycles. The molecule has 0 radical (unpaired) electrons. The first kappa shape index (κ1) is 16.3. The summed E-state index contributed by atoms with van der Waals surface area (Å²) in [5, 5.41) is 10.2. The van der Waals surface area contributed by atoms with Crippen LogP contribution in [0.25, 0.3) is 0 Å². The minimum Gasteiger partial charge on any atom is -0.384 e. The first-order valence-corrected chi connectivity index (χ1v) is 8.51. The molecule has 0 bridgehead atoms. The summed E-state index contributed by atoms with van der Waals surface area (Å²) in [6.07, 6.45) is 0.182. The fourth-order valence-corrected chi connectivity index (χ4v) is 3.38. The van der Waals surface area contributed by atoms with Crippen molar-refractivity contribution in [3.05, 3.63) is 30.3 Å². The highest BCUT2D eigenvalue weighted by atomic mass is 32.2. The van der Waals surface area contributed by atoms with Crippen LogP contribution in [0.1, 0.15) is 6.42 Å². The van der Waals surface area contributed by atoms with Gasteiger partial charge in [0, 0.05) is 7.11 Å². The molecule has 118 valence electrons. The maximum atomic E-state index is 12.1. The number of carbonyl (C=O) groups excluding carboxylic acids is 1. The summed E-state index contributed by atoms with van der Waals surface area (Å²) in [5.74, 6) is -0.282. The molecule has 0 unspecified atom stereocenters. The van der Waals surface area contributed by atoms with Gasteiger partial charge in [-0.2, -0.15) is 0 Å². The third-order valence-corrected chi connectivity index (χ3v) is 4.72. The van der Waals surface area contributed by atoms with Gasteiger partial charge in [0.05, 0.1) is 17.9 Å². The molecule has 0 atom stereocenters. The second kappa shape index (κ2) is 7.29. The normalized spacial score (nSPS) is 11.1. The number of anilines is 2. The topological polar surface area (TPSA) is 110 Å². The number of nitrogens with zero attached hydrogens (tertiary/aromatic N) is 2. The minimum absolute atomic E-state index is 0.0749. The molecule has 0 aliphatic carbocycles. The summed E-state index contributed by atoms with van der Waals surface area (Å²) < 4.78 is 31.3. The Morgan fingerprint density at radius 3 is 2.59 bits per heavy atom. The number of amides is 1. The highest BCUT2D eigenvalue weighted by Gasteiger charge is 2.16. The zero-order chi connectivity index (χ0) is 16.0. The van der Waals surface area contributed by atoms with E-state index in [0.29, 0.717) is 0 Å². The predicted octanol–water partition coefficient (Wildman–Crippen LogP) is 1.31. The maximum Gasteiger partial charge on any atom is 0.263 e. The molecule has 2 N–H and O–H groups in total. The average molecular weight is 342 g/mol. The van der Waals surface area contributed by atoms with Crippen molar-refractivity contribution < 1.29 is 17.9 Å². The van der Waals surface area contributed by atoms with E-state index in [1.54, 1.807) is 18.2 Å². The lowest BCUT2D eigenvalue weighted by molar-refractivity contribution is -0.117. The van der Waals surface area contributed by atoms with Gasteiger partial charge in [-0.25, -0.2) is 8.42 Å². The van der Waals surface area contributed by atoms with Crippen LogP contribution in [0, 0.1) is 0 Å². The number of methoxy groups -OCH3 is 1. The Hall–Kier alpha value is -2.04. The molecular weight excluding hydrogens is 328 g/mol. The van der Waals surface area contributed by atoms with Gasteiger partial charge in [-0.05, 0) is 12.1 Å². The van der Waals surface area contributed by atoms with Gasteiger partial charge in [-0.15, -0.1) is 10.2 Å². The molecule has 8 nitrogen and oxygen atoms in total. The van der Waals surface area contributed by atoms with E-state index in [-0.39, 0.29) is 34.1 Å². The van der Waals surface area contributed by atoms with Crippen LogP contribution in [0.4, 0.5) is 10.3 Å². The molecule has 2 aromatic rings. The van der Waals surface area contributed by atoms with Crippen molar-refractivity contribution in [1.29, 1.82) is 0 Å². The summed E-state index contributed by atoms with van der Waals surface area (Å²) in [7, 11) is -2.22. The molecule has 10 heteroatoms. The fraction of sp³-hybridized carbons (Fsp3) is 0.250. The molecule has 0 saturated carbocycles. The number of carbonyl (C=O) groups is 1. The summed E-state index contributed by atoms with van der Waals surface area (Å²) in [5.41, 5.74) is 0. The van der Waals surface area contributed by atoms with Crippen LogP contribution >= 0.6 is 11.3 Å². The smallest absolute Gasteiger partial charge is 0.263 e. The van der Waals surface area contributed by atoms with Crippen molar-refractivity contribution in [2.45, 2.75) is 11.3 Å². The summed E-state index contributed by atoms with van der Waals surface area (Å²) in [6.45, 7) is 0.290. The highest BCUT2D eigenvalue weighted by Crippen LogP contribution is 2.23. The Labute approximate surface area is 131 Å². The molecule has 0 fully saturated rings. The quantitative estimate of drug-likeness (QED) is 0.785. The van der Waals surface area contributed by atoms with E-state index in [4.69, 9.17) is 4.74 Å². The molecule has 22 heavy (non-hydrogen) atoms. The number of rotatable bonds is 7. The minimum atomic E-state index is -3.72. The molecular formula is C12H14N4O4S2. The number of ether oxygens (including phenoxy) is 1. The predicted molar refractivity (Wildman–Crippen MR) is 82.3 cm³/mol. The number of aromatic nitrogens is 2. The number of hydrogen-bond acceptors (Lipinski definition) is 7. The van der Waals surface area contributed by atoms with Crippen LogP contribution < -0.4 is 10.0 Å². The van der Waals surface area contributed by atoms with E-state index in [2.05, 4.69) is 20.2 Å². The largest absolute Gasteiger partial charge is 0.384 e. The molecule has 1 aromatic carbocycles. The van der Waals surface area contributed by atoms with Gasteiger partial charge in [0.2, 0.25) is 16.2 Å². The first-order valence-electron chi connectivity index (χ1n) is 6.21. The summed E-state index contributed by atoms with van der Waals surface area (Å²) in [6, 6.07) is 7.90. The lowest BCUT2D eigenvalue weighted by Gasteiger charge is -2.03. The lowest BCUT2D eigenvalue weighted by atomic mass is 10.4. The van der Waals surface area contributed by atoms with Crippen molar-refractivity contribution in [2.24, 2.45) is 0 Å². The van der Waals surface area contributed by atoms with Crippen molar-refractivity contribution in [1.82, 2.24) is 10.2 Å². The van der Waals surface area contributed by atoms with Crippen LogP contribution in [0.5, 0.6) is 0 Å². The monoisotopic (exact) mass is 342 g/mol. The molecule has 1 amide bonds. The van der Waals surface area contributed by atoms with Gasteiger partial charge in [-0.3, -0.25) is 9.52 Å². The van der Waals surface area contributed by atoms with Crippen molar-refractivity contribution in [3.8, 4) is 0 Å². The Bertz CT molecular complexity index is 731. The number of benzene rings is 1. The molecule has 1 aromatic heterocycles. The Balaban J connectivity index is 2.02. The van der Waals surface area contributed by atoms with E-state index in [1.807, 2.05) is 0 Å². The van der Waals surface area contributed by atoms with Crippen molar-refractivity contribution in [2.75, 3.05) is 23.8 Å². The second-order valence-electron chi connectivity index (χ2n) is 4.12. The van der Waals surface area contributed by atoms with Gasteiger partial charge in [0.25, 0.3) is 10.0 Å². The van der Waals surface area contributed by atoms with Crippen LogP contribution in [0.3, 0.4) is 0 Å². The van der Waals surface area contributed by atoms with Crippen LogP contribution in [-0.2, 0) is 19.6 Å². The molecule has 2 rings (SSSR count). The first-order chi connectivity index (χ1) is 10.5. The number of sulfonamides is 1. The van der Waals surface area contributed by atoms with E-state index in [0.717, 1.165) is 11.3 Å². The van der Waals surface area contributed by atoms with Gasteiger partial charge < -0.3 is 10.1 Å². The lowest BCUT2D eigenvalue weighted by Crippen LogP contribution is -2.13. The van der Waals surface area contributed by atoms with E-state index in [1.165, 1.54) is 19.2 Å². The summed E-state index contributed by atoms with van der Waals surface area (Å²) >= 11 is 0.931. The van der Waals surface area contributed by atoms with Crippen LogP contribution in [0.15, 0.2) is 35.2 Å². The molecule has 0 saturated heterocycles. The highest BCUT2D eigenvalue weighted by molar-refractivity contribution is 7.93. The van der Waals surface area contributed by atoms with E-state index < -0.39 is 10.0 Å². The number of hydrogen-bond donors (Lipinski definition) is 2. The zero-order valence-corrected chi connectivity index (χ0v) is 13.3. The molecule has 0 spiro atoms. The molecule has 0 aliphatic rings. The van der Waals surface area contributed by atoms with Gasteiger partial charge in [0.1, 0.15) is 0 Å². The fourth-order valence-electron chi connectivity index (χ4n) is 1.47. The zero-order valence-electron chi connectivity index (χ0n) is 11.6. The summed E-state index contributed by atoms with van der Waals surface area (Å²) in [4.78, 5) is 11.6. The van der Waals surface area contributed by atoms with Crippen molar-refractivity contribution >= 4 is 37.5 Å². The number of nitrogens with one attached hydrogen (secondary N) is 2. The third kappa shape index (κ3) is 4.48. The standard InChI is InChI=1S/C12H14N4O4S2/c1-20-8-7-10(17)13-11-14-15-12(21-11)16-22(18,19)9-5-3-2-4-6-9/h2-6H,7-8H2,1H3,(H,15,16)(H,13,14,17). The maximum absolute atomic E-state index is 12.1. The van der Waals surface area contributed by atoms with Crippen LogP contribution in [0.2, 0.25) is 0 Å². The van der Waals surface area contributed by atoms with Gasteiger partial charge in [0.15, 0.2) is 0 Å². The van der Waals surface area contributed by atoms with Crippen LogP contribution in [-0.4, -0.2) is 38.2 Å². The SMILES string of the molecule is COCCC(=O)Nc1nnc(NS(=O)(=O)c2ccccc2)s1. The van der Waals surface area contributed by atoms with E-state index >= 15 is 0 Å². The third-order valence-electron chi connectivity index (χ3n) is 2.48. The average Bonchev–Trinajstić information content (AvgIpc) is 2.92. The Kier molecular flexibility index (Phi) is 5.41. The Morgan fingerprint density at radius 2 is 1.91 bits per heavy atom. The van der Waals surface area contributed by atoms with Gasteiger partial charge in [-0.1, -0.05) is 29.5 Å². The Morgan fingerprint density at radius 1 is 1.23 bits per heavy atom.